The highest BCUT2D eigenvalue weighted by Gasteiger charge is 2.14. The van der Waals surface area contributed by atoms with Gasteiger partial charge in [-0.15, -0.1) is 10.2 Å². The van der Waals surface area contributed by atoms with E-state index in [0.29, 0.717) is 10.8 Å². The predicted molar refractivity (Wildman–Crippen MR) is 101 cm³/mol. The minimum atomic E-state index is 0.622. The van der Waals surface area contributed by atoms with Crippen molar-refractivity contribution in [3.63, 3.8) is 0 Å². The van der Waals surface area contributed by atoms with Crippen molar-refractivity contribution < 1.29 is 0 Å². The molecule has 0 N–H and O–H groups in total. The lowest BCUT2D eigenvalue weighted by molar-refractivity contribution is 1.11. The number of aryl methyl sites for hydroxylation is 1. The van der Waals surface area contributed by atoms with E-state index >= 15 is 0 Å². The van der Waals surface area contributed by atoms with Crippen LogP contribution in [0.5, 0.6) is 0 Å². The number of nitrogens with zero attached hydrogens (tertiary/aromatic N) is 4. The fourth-order valence-corrected chi connectivity index (χ4v) is 2.77. The molecule has 0 saturated heterocycles. The number of azo groups is 1. The molecule has 0 bridgehead atoms. The molecule has 122 valence electrons. The summed E-state index contributed by atoms with van der Waals surface area (Å²) in [6.07, 6.45) is 1.81. The Morgan fingerprint density at radius 2 is 1.64 bits per heavy atom. The molecule has 4 nitrogen and oxygen atoms in total. The van der Waals surface area contributed by atoms with E-state index in [-0.39, 0.29) is 0 Å². The number of halogens is 1. The lowest BCUT2D eigenvalue weighted by Crippen LogP contribution is -1.83. The number of hydrogen-bond donors (Lipinski definition) is 0. The molecule has 4 aromatic rings. The van der Waals surface area contributed by atoms with Crippen molar-refractivity contribution in [1.82, 2.24) is 9.38 Å². The van der Waals surface area contributed by atoms with Crippen LogP contribution < -0.4 is 0 Å². The number of imidazole rings is 1. The second-order valence-corrected chi connectivity index (χ2v) is 6.20. The van der Waals surface area contributed by atoms with Crippen molar-refractivity contribution in [2.75, 3.05) is 0 Å². The first-order valence-corrected chi connectivity index (χ1v) is 8.30. The average molecular weight is 347 g/mol. The van der Waals surface area contributed by atoms with Gasteiger partial charge in [0.1, 0.15) is 11.3 Å². The predicted octanol–water partition coefficient (Wildman–Crippen LogP) is 6.38. The van der Waals surface area contributed by atoms with Gasteiger partial charge in [-0.2, -0.15) is 0 Å². The molecule has 2 heterocycles. The van der Waals surface area contributed by atoms with E-state index < -0.39 is 0 Å². The summed E-state index contributed by atoms with van der Waals surface area (Å²) in [5, 5.41) is 9.45. The third-order valence-electron chi connectivity index (χ3n) is 3.90. The van der Waals surface area contributed by atoms with E-state index in [1.807, 2.05) is 59.0 Å². The minimum absolute atomic E-state index is 0.622. The molecule has 0 fully saturated rings. The van der Waals surface area contributed by atoms with Crippen molar-refractivity contribution in [3.8, 4) is 11.3 Å². The largest absolute Gasteiger partial charge is 0.281 e. The quantitative estimate of drug-likeness (QED) is 0.397. The molecule has 2 aromatic heterocycles. The summed E-state index contributed by atoms with van der Waals surface area (Å²) in [6, 6.07) is 21.5. The standard InChI is InChI=1S/C20H15ClN4/c1-14-7-9-15(10-8-14)19-20(24-23-17-5-3-2-4-6-17)25-13-16(21)11-12-18(25)22-19/h2-13H,1H3. The van der Waals surface area contributed by atoms with E-state index in [1.54, 1.807) is 6.20 Å². The van der Waals surface area contributed by atoms with Crippen molar-refractivity contribution in [2.24, 2.45) is 10.2 Å². The molecule has 5 heteroatoms. The van der Waals surface area contributed by atoms with Crippen LogP contribution in [0.3, 0.4) is 0 Å². The first-order valence-electron chi connectivity index (χ1n) is 7.92. The van der Waals surface area contributed by atoms with Crippen LogP contribution in [0.2, 0.25) is 5.02 Å². The van der Waals surface area contributed by atoms with Crippen LogP contribution >= 0.6 is 11.6 Å². The van der Waals surface area contributed by atoms with Gasteiger partial charge in [0.15, 0.2) is 5.82 Å². The molecule has 0 aliphatic carbocycles. The maximum absolute atomic E-state index is 6.16. The van der Waals surface area contributed by atoms with Gasteiger partial charge in [-0.05, 0) is 31.2 Å². The van der Waals surface area contributed by atoms with Gasteiger partial charge in [0.25, 0.3) is 0 Å². The molecule has 0 radical (unpaired) electrons. The summed E-state index contributed by atoms with van der Waals surface area (Å²) < 4.78 is 1.87. The first kappa shape index (κ1) is 15.5. The number of aromatic nitrogens is 2. The molecule has 0 atom stereocenters. The molecule has 25 heavy (non-hydrogen) atoms. The van der Waals surface area contributed by atoms with E-state index in [1.165, 1.54) is 5.56 Å². The number of benzene rings is 2. The number of pyridine rings is 1. The first-order chi connectivity index (χ1) is 12.2. The molecule has 0 aliphatic heterocycles. The molecule has 0 amide bonds. The lowest BCUT2D eigenvalue weighted by atomic mass is 10.1. The Labute approximate surface area is 150 Å². The Bertz CT molecular complexity index is 1050. The summed E-state index contributed by atoms with van der Waals surface area (Å²) in [5.74, 6) is 0.658. The van der Waals surface area contributed by atoms with Crippen molar-refractivity contribution in [3.05, 3.63) is 83.5 Å². The fourth-order valence-electron chi connectivity index (χ4n) is 2.61. The van der Waals surface area contributed by atoms with Crippen molar-refractivity contribution in [2.45, 2.75) is 6.92 Å². The molecular weight excluding hydrogens is 332 g/mol. The zero-order valence-corrected chi connectivity index (χ0v) is 14.4. The SMILES string of the molecule is Cc1ccc(-c2nc3ccc(Cl)cn3c2N=Nc2ccccc2)cc1. The Morgan fingerprint density at radius 1 is 0.880 bits per heavy atom. The Balaban J connectivity index is 1.90. The van der Waals surface area contributed by atoms with E-state index in [2.05, 4.69) is 29.3 Å². The normalized spacial score (nSPS) is 11.4. The molecule has 2 aromatic carbocycles. The van der Waals surface area contributed by atoms with Crippen molar-refractivity contribution >= 4 is 28.8 Å². The topological polar surface area (TPSA) is 42.0 Å². The average Bonchev–Trinajstić information content (AvgIpc) is 2.99. The van der Waals surface area contributed by atoms with Gasteiger partial charge in [0.2, 0.25) is 0 Å². The summed E-state index contributed by atoms with van der Waals surface area (Å²) in [7, 11) is 0. The van der Waals surface area contributed by atoms with Gasteiger partial charge in [-0.1, -0.05) is 59.6 Å². The molecule has 0 unspecified atom stereocenters. The highest BCUT2D eigenvalue weighted by molar-refractivity contribution is 6.30. The fraction of sp³-hybridized carbons (Fsp3) is 0.0500. The molecule has 0 spiro atoms. The second kappa shape index (κ2) is 6.49. The van der Waals surface area contributed by atoms with Gasteiger partial charge in [0.05, 0.1) is 10.7 Å². The summed E-state index contributed by atoms with van der Waals surface area (Å²) >= 11 is 6.16. The van der Waals surface area contributed by atoms with E-state index in [4.69, 9.17) is 16.6 Å². The zero-order chi connectivity index (χ0) is 17.2. The molecule has 4 rings (SSSR count). The van der Waals surface area contributed by atoms with Crippen LogP contribution in [-0.4, -0.2) is 9.38 Å². The van der Waals surface area contributed by atoms with Gasteiger partial charge >= 0.3 is 0 Å². The molecule has 0 aliphatic rings. The van der Waals surface area contributed by atoms with Gasteiger partial charge in [-0.25, -0.2) is 4.98 Å². The molecular formula is C20H15ClN4. The van der Waals surface area contributed by atoms with Crippen molar-refractivity contribution in [1.29, 1.82) is 0 Å². The maximum atomic E-state index is 6.16. The summed E-state index contributed by atoms with van der Waals surface area (Å²) in [4.78, 5) is 4.72. The van der Waals surface area contributed by atoms with Crippen LogP contribution in [0.1, 0.15) is 5.56 Å². The number of rotatable bonds is 3. The third-order valence-corrected chi connectivity index (χ3v) is 4.12. The highest BCUT2D eigenvalue weighted by atomic mass is 35.5. The monoisotopic (exact) mass is 346 g/mol. The summed E-state index contributed by atoms with van der Waals surface area (Å²) in [5.41, 5.74) is 4.54. The van der Waals surface area contributed by atoms with Gasteiger partial charge in [-0.3, -0.25) is 4.40 Å². The summed E-state index contributed by atoms with van der Waals surface area (Å²) in [6.45, 7) is 2.06. The van der Waals surface area contributed by atoms with Crippen LogP contribution in [-0.2, 0) is 0 Å². The van der Waals surface area contributed by atoms with E-state index in [9.17, 15) is 0 Å². The van der Waals surface area contributed by atoms with Crippen LogP contribution in [0.25, 0.3) is 16.9 Å². The lowest BCUT2D eigenvalue weighted by Gasteiger charge is -2.01. The van der Waals surface area contributed by atoms with E-state index in [0.717, 1.165) is 22.6 Å². The minimum Gasteiger partial charge on any atom is -0.281 e. The highest BCUT2D eigenvalue weighted by Crippen LogP contribution is 2.33. The smallest absolute Gasteiger partial charge is 0.187 e. The number of fused-ring (bicyclic) bond motifs is 1. The second-order valence-electron chi connectivity index (χ2n) is 5.76. The van der Waals surface area contributed by atoms with Gasteiger partial charge in [0, 0.05) is 11.8 Å². The number of hydrogen-bond acceptors (Lipinski definition) is 3. The zero-order valence-electron chi connectivity index (χ0n) is 13.6. The van der Waals surface area contributed by atoms with Crippen LogP contribution in [0.4, 0.5) is 11.5 Å². The molecule has 0 saturated carbocycles. The third kappa shape index (κ3) is 3.16. The Morgan fingerprint density at radius 3 is 2.40 bits per heavy atom. The van der Waals surface area contributed by atoms with Crippen LogP contribution in [0.15, 0.2) is 83.2 Å². The maximum Gasteiger partial charge on any atom is 0.187 e. The Kier molecular flexibility index (Phi) is 4.04. The van der Waals surface area contributed by atoms with Gasteiger partial charge < -0.3 is 0 Å². The van der Waals surface area contributed by atoms with Crippen LogP contribution in [0, 0.1) is 6.92 Å². The Hall–Kier alpha value is -2.98.